The highest BCUT2D eigenvalue weighted by Crippen LogP contribution is 2.34. The molecule has 0 amide bonds. The molecule has 0 fully saturated rings. The first-order valence-electron chi connectivity index (χ1n) is 9.62. The van der Waals surface area contributed by atoms with Gasteiger partial charge in [0.2, 0.25) is 10.0 Å². The number of rotatable bonds is 7. The summed E-state index contributed by atoms with van der Waals surface area (Å²) in [4.78, 5) is 13.8. The molecule has 1 atom stereocenters. The maximum Gasteiger partial charge on any atom is 0.335 e. The van der Waals surface area contributed by atoms with E-state index in [1.54, 1.807) is 12.1 Å². The van der Waals surface area contributed by atoms with Gasteiger partial charge < -0.3 is 5.11 Å². The van der Waals surface area contributed by atoms with Gasteiger partial charge >= 0.3 is 5.97 Å². The van der Waals surface area contributed by atoms with Crippen LogP contribution in [0.1, 0.15) is 61.1 Å². The van der Waals surface area contributed by atoms with Gasteiger partial charge in [0.25, 0.3) is 0 Å². The van der Waals surface area contributed by atoms with Crippen molar-refractivity contribution in [1.82, 2.24) is 8.87 Å². The second-order valence-electron chi connectivity index (χ2n) is 7.41. The highest BCUT2D eigenvalue weighted by atomic mass is 32.2. The molecule has 6 nitrogen and oxygen atoms in total. The molecule has 2 aromatic rings. The van der Waals surface area contributed by atoms with Crippen LogP contribution in [0.3, 0.4) is 0 Å². The van der Waals surface area contributed by atoms with E-state index in [2.05, 4.69) is 18.7 Å². The van der Waals surface area contributed by atoms with Gasteiger partial charge in [0.1, 0.15) is 0 Å². The Labute approximate surface area is 160 Å². The molecule has 1 aromatic carbocycles. The smallest absolute Gasteiger partial charge is 0.335 e. The van der Waals surface area contributed by atoms with E-state index in [0.29, 0.717) is 24.5 Å². The van der Waals surface area contributed by atoms with Crippen molar-refractivity contribution in [2.24, 2.45) is 0 Å². The molecule has 148 valence electrons. The summed E-state index contributed by atoms with van der Waals surface area (Å²) in [5.41, 5.74) is 2.53. The standard InChI is InChI=1S/C20H28N2O4S/c1-4-6-7-15(5-2)21-11-10-19-17(13-21)16-12-14(20(23)24)8-9-18(16)22(19)27(3,25)26/h8-9,12,15H,4-7,10-11,13H2,1-3H3,(H,23,24). The quantitative estimate of drug-likeness (QED) is 0.780. The molecule has 3 rings (SSSR count). The molecule has 7 heteroatoms. The molecule has 27 heavy (non-hydrogen) atoms. The van der Waals surface area contributed by atoms with Crippen molar-refractivity contribution in [3.8, 4) is 0 Å². The fourth-order valence-electron chi connectivity index (χ4n) is 4.25. The van der Waals surface area contributed by atoms with Crippen LogP contribution in [0.5, 0.6) is 0 Å². The van der Waals surface area contributed by atoms with Crippen molar-refractivity contribution < 1.29 is 18.3 Å². The molecule has 0 spiro atoms. The normalized spacial score (nSPS) is 16.4. The fraction of sp³-hybridized carbons (Fsp3) is 0.550. The summed E-state index contributed by atoms with van der Waals surface area (Å²) in [5, 5.41) is 10.1. The van der Waals surface area contributed by atoms with Gasteiger partial charge in [-0.15, -0.1) is 0 Å². The molecule has 1 N–H and O–H groups in total. The number of hydrogen-bond donors (Lipinski definition) is 1. The van der Waals surface area contributed by atoms with Crippen LogP contribution in [0.2, 0.25) is 0 Å². The fourth-order valence-corrected chi connectivity index (χ4v) is 5.37. The van der Waals surface area contributed by atoms with Gasteiger partial charge in [0.15, 0.2) is 0 Å². The van der Waals surface area contributed by atoms with E-state index in [9.17, 15) is 18.3 Å². The Morgan fingerprint density at radius 2 is 2.04 bits per heavy atom. The van der Waals surface area contributed by atoms with Gasteiger partial charge in [0.05, 0.1) is 17.3 Å². The zero-order valence-electron chi connectivity index (χ0n) is 16.2. The van der Waals surface area contributed by atoms with Crippen LogP contribution in [0.25, 0.3) is 10.9 Å². The number of carbonyl (C=O) groups is 1. The lowest BCUT2D eigenvalue weighted by Crippen LogP contribution is -2.39. The monoisotopic (exact) mass is 392 g/mol. The number of aromatic nitrogens is 1. The second kappa shape index (κ2) is 7.64. The SMILES string of the molecule is CCCCC(CC)N1CCc2c(c3cc(C(=O)O)ccc3n2S(C)(=O)=O)C1. The lowest BCUT2D eigenvalue weighted by molar-refractivity contribution is 0.0697. The lowest BCUT2D eigenvalue weighted by Gasteiger charge is -2.34. The van der Waals surface area contributed by atoms with E-state index >= 15 is 0 Å². The van der Waals surface area contributed by atoms with Gasteiger partial charge in [-0.3, -0.25) is 4.90 Å². The van der Waals surface area contributed by atoms with Gasteiger partial charge in [-0.1, -0.05) is 26.7 Å². The lowest BCUT2D eigenvalue weighted by atomic mass is 9.98. The van der Waals surface area contributed by atoms with Crippen molar-refractivity contribution in [2.45, 2.75) is 58.5 Å². The largest absolute Gasteiger partial charge is 0.478 e. The van der Waals surface area contributed by atoms with Gasteiger partial charge in [0, 0.05) is 36.6 Å². The molecular weight excluding hydrogens is 364 g/mol. The number of carboxylic acids is 1. The minimum absolute atomic E-state index is 0.186. The van der Waals surface area contributed by atoms with Gasteiger partial charge in [-0.25, -0.2) is 17.2 Å². The maximum atomic E-state index is 12.4. The van der Waals surface area contributed by atoms with Crippen LogP contribution in [0.4, 0.5) is 0 Å². The summed E-state index contributed by atoms with van der Waals surface area (Å²) in [5.74, 6) is -1.00. The number of hydrogen-bond acceptors (Lipinski definition) is 4. The van der Waals surface area contributed by atoms with Crippen molar-refractivity contribution in [3.05, 3.63) is 35.0 Å². The van der Waals surface area contributed by atoms with E-state index in [4.69, 9.17) is 0 Å². The summed E-state index contributed by atoms with van der Waals surface area (Å²) in [7, 11) is -3.47. The molecule has 0 aliphatic carbocycles. The van der Waals surface area contributed by atoms with E-state index in [-0.39, 0.29) is 5.56 Å². The zero-order chi connectivity index (χ0) is 19.8. The number of benzene rings is 1. The third kappa shape index (κ3) is 3.75. The van der Waals surface area contributed by atoms with E-state index in [1.807, 2.05) is 0 Å². The molecule has 1 unspecified atom stereocenters. The third-order valence-corrected chi connectivity index (χ3v) is 6.67. The van der Waals surface area contributed by atoms with Gasteiger partial charge in [-0.2, -0.15) is 0 Å². The molecule has 1 aliphatic rings. The Morgan fingerprint density at radius 3 is 2.63 bits per heavy atom. The molecule has 2 heterocycles. The molecular formula is C20H28N2O4S. The summed E-state index contributed by atoms with van der Waals surface area (Å²) in [6.45, 7) is 5.87. The average Bonchev–Trinajstić information content (AvgIpc) is 2.95. The molecule has 1 aliphatic heterocycles. The van der Waals surface area contributed by atoms with Crippen LogP contribution in [-0.2, 0) is 23.0 Å². The van der Waals surface area contributed by atoms with Crippen molar-refractivity contribution >= 4 is 26.9 Å². The summed E-state index contributed by atoms with van der Waals surface area (Å²) in [6.07, 6.45) is 6.39. The molecule has 0 saturated heterocycles. The highest BCUT2D eigenvalue weighted by Gasteiger charge is 2.30. The van der Waals surface area contributed by atoms with E-state index in [1.165, 1.54) is 22.7 Å². The van der Waals surface area contributed by atoms with Crippen LogP contribution < -0.4 is 0 Å². The zero-order valence-corrected chi connectivity index (χ0v) is 17.1. The predicted octanol–water partition coefficient (Wildman–Crippen LogP) is 3.47. The summed E-state index contributed by atoms with van der Waals surface area (Å²) in [6, 6.07) is 5.19. The topological polar surface area (TPSA) is 79.6 Å². The van der Waals surface area contributed by atoms with Crippen LogP contribution in [0, 0.1) is 0 Å². The van der Waals surface area contributed by atoms with E-state index in [0.717, 1.165) is 42.5 Å². The molecule has 0 bridgehead atoms. The Hall–Kier alpha value is -1.86. The first-order valence-corrected chi connectivity index (χ1v) is 11.5. The summed E-state index contributed by atoms with van der Waals surface area (Å²) < 4.78 is 26.3. The molecule has 1 aromatic heterocycles. The second-order valence-corrected chi connectivity index (χ2v) is 9.25. The minimum atomic E-state index is -3.47. The minimum Gasteiger partial charge on any atom is -0.478 e. The van der Waals surface area contributed by atoms with Gasteiger partial charge in [-0.05, 0) is 36.6 Å². The average molecular weight is 393 g/mol. The van der Waals surface area contributed by atoms with Crippen LogP contribution in [-0.4, -0.2) is 47.2 Å². The van der Waals surface area contributed by atoms with Crippen LogP contribution >= 0.6 is 0 Å². The van der Waals surface area contributed by atoms with Crippen molar-refractivity contribution in [1.29, 1.82) is 0 Å². The van der Waals surface area contributed by atoms with Crippen LogP contribution in [0.15, 0.2) is 18.2 Å². The molecule has 0 saturated carbocycles. The number of nitrogens with zero attached hydrogens (tertiary/aromatic N) is 2. The Balaban J connectivity index is 2.12. The maximum absolute atomic E-state index is 12.4. The van der Waals surface area contributed by atoms with Crippen molar-refractivity contribution in [3.63, 3.8) is 0 Å². The Morgan fingerprint density at radius 1 is 1.30 bits per heavy atom. The number of aromatic carboxylic acids is 1. The van der Waals surface area contributed by atoms with E-state index < -0.39 is 16.0 Å². The summed E-state index contributed by atoms with van der Waals surface area (Å²) >= 11 is 0. The third-order valence-electron chi connectivity index (χ3n) is 5.59. The van der Waals surface area contributed by atoms with Crippen molar-refractivity contribution in [2.75, 3.05) is 12.8 Å². The Bertz CT molecular complexity index is 962. The number of unbranched alkanes of at least 4 members (excludes halogenated alkanes) is 1. The first kappa shape index (κ1) is 19.9. The first-order chi connectivity index (χ1) is 12.8. The number of carboxylic acid groups (broad SMARTS) is 1. The number of fused-ring (bicyclic) bond motifs is 3. The highest BCUT2D eigenvalue weighted by molar-refractivity contribution is 7.89. The Kier molecular flexibility index (Phi) is 5.63. The predicted molar refractivity (Wildman–Crippen MR) is 107 cm³/mol. The molecule has 0 radical (unpaired) electrons.